The Morgan fingerprint density at radius 1 is 0.600 bits per heavy atom. The van der Waals surface area contributed by atoms with Crippen LogP contribution in [0.2, 0.25) is 0 Å². The van der Waals surface area contributed by atoms with Gasteiger partial charge in [-0.25, -0.2) is 0 Å². The molecule has 0 N–H and O–H groups in total. The zero-order valence-corrected chi connectivity index (χ0v) is 30.7. The zero-order valence-electron chi connectivity index (χ0n) is 29.8. The zero-order chi connectivity index (χ0) is 33.7. The number of carbonyl (C=O) groups excluding carboxylic acids is 2. The van der Waals surface area contributed by atoms with Crippen LogP contribution in [-0.4, -0.2) is 70.0 Å². The summed E-state index contributed by atoms with van der Waals surface area (Å²) in [5, 5.41) is 0. The number of nitrogens with zero attached hydrogens (tertiary/aromatic N) is 1. The van der Waals surface area contributed by atoms with E-state index in [1.54, 1.807) is 0 Å². The van der Waals surface area contributed by atoms with Crippen LogP contribution in [0.5, 0.6) is 0 Å². The van der Waals surface area contributed by atoms with Crippen molar-refractivity contribution in [2.75, 3.05) is 47.5 Å². The predicted octanol–water partition coefficient (Wildman–Crippen LogP) is 8.66. The third-order valence-corrected chi connectivity index (χ3v) is 8.84. The van der Waals surface area contributed by atoms with E-state index in [4.69, 9.17) is 18.5 Å². The lowest BCUT2D eigenvalue weighted by Crippen LogP contribution is -2.37. The summed E-state index contributed by atoms with van der Waals surface area (Å²) in [6.45, 7) is 3.97. The molecule has 0 amide bonds. The third-order valence-electron chi connectivity index (χ3n) is 7.88. The Kier molecular flexibility index (Phi) is 28.5. The predicted molar refractivity (Wildman–Crippen MR) is 181 cm³/mol. The number of likely N-dealkylation sites (N-methyl/N-ethyl adjacent to an activating group) is 1. The fourth-order valence-corrected chi connectivity index (χ4v) is 5.65. The van der Waals surface area contributed by atoms with Crippen LogP contribution in [0.15, 0.2) is 0 Å². The first kappa shape index (κ1) is 44.0. The van der Waals surface area contributed by atoms with Gasteiger partial charge in [0.1, 0.15) is 19.8 Å². The number of phosphoric ester groups is 1. The van der Waals surface area contributed by atoms with Crippen molar-refractivity contribution in [1.29, 1.82) is 0 Å². The lowest BCUT2D eigenvalue weighted by atomic mass is 10.0. The highest BCUT2D eigenvalue weighted by Crippen LogP contribution is 2.38. The van der Waals surface area contributed by atoms with Gasteiger partial charge in [0.05, 0.1) is 27.7 Å². The monoisotopic (exact) mass is 663 g/mol. The fraction of sp³-hybridized carbons (Fsp3) is 0.943. The summed E-state index contributed by atoms with van der Waals surface area (Å²) in [5.74, 6) is -0.868. The molecule has 0 saturated carbocycles. The van der Waals surface area contributed by atoms with Gasteiger partial charge in [0.25, 0.3) is 7.82 Å². The van der Waals surface area contributed by atoms with Gasteiger partial charge in [-0.1, -0.05) is 136 Å². The lowest BCUT2D eigenvalue weighted by molar-refractivity contribution is -0.870. The van der Waals surface area contributed by atoms with Gasteiger partial charge >= 0.3 is 11.9 Å². The molecule has 2 atom stereocenters. The Bertz CT molecular complexity index is 758. The highest BCUT2D eigenvalue weighted by atomic mass is 31.2. The van der Waals surface area contributed by atoms with Crippen LogP contribution >= 0.6 is 7.82 Å². The van der Waals surface area contributed by atoms with Crippen LogP contribution in [0, 0.1) is 0 Å². The van der Waals surface area contributed by atoms with Gasteiger partial charge < -0.3 is 27.9 Å². The molecule has 0 aliphatic heterocycles. The van der Waals surface area contributed by atoms with Crippen LogP contribution in [0.25, 0.3) is 0 Å². The maximum atomic E-state index is 12.5. The van der Waals surface area contributed by atoms with E-state index >= 15 is 0 Å². The molecular weight excluding hydrogens is 593 g/mol. The summed E-state index contributed by atoms with van der Waals surface area (Å²) in [5.41, 5.74) is 0. The number of hydrogen-bond acceptors (Lipinski definition) is 8. The van der Waals surface area contributed by atoms with E-state index < -0.39 is 32.5 Å². The molecule has 0 radical (unpaired) electrons. The smallest absolute Gasteiger partial charge is 0.306 e. The van der Waals surface area contributed by atoms with Crippen molar-refractivity contribution >= 4 is 19.8 Å². The molecule has 9 nitrogen and oxygen atoms in total. The molecule has 0 aromatic carbocycles. The van der Waals surface area contributed by atoms with Crippen LogP contribution < -0.4 is 4.89 Å². The van der Waals surface area contributed by atoms with Gasteiger partial charge in [-0.3, -0.25) is 14.2 Å². The van der Waals surface area contributed by atoms with Gasteiger partial charge in [-0.2, -0.15) is 0 Å². The first-order valence-electron chi connectivity index (χ1n) is 18.2. The van der Waals surface area contributed by atoms with Gasteiger partial charge in [-0.15, -0.1) is 0 Å². The normalized spacial score (nSPS) is 13.8. The van der Waals surface area contributed by atoms with Crippen molar-refractivity contribution in [3.63, 3.8) is 0 Å². The minimum absolute atomic E-state index is 0.0276. The topological polar surface area (TPSA) is 111 Å². The molecule has 0 spiro atoms. The maximum Gasteiger partial charge on any atom is 0.306 e. The van der Waals surface area contributed by atoms with E-state index in [0.717, 1.165) is 19.3 Å². The lowest BCUT2D eigenvalue weighted by Gasteiger charge is -2.28. The highest BCUT2D eigenvalue weighted by Gasteiger charge is 2.21. The molecule has 0 aliphatic carbocycles. The van der Waals surface area contributed by atoms with E-state index in [1.807, 2.05) is 28.1 Å². The summed E-state index contributed by atoms with van der Waals surface area (Å²) < 4.78 is 33.3. The summed E-state index contributed by atoms with van der Waals surface area (Å²) in [4.78, 5) is 36.6. The standard InChI is InChI=1S/C35H70NO8P/c1-6-8-10-11-12-13-14-15-16-17-18-19-20-21-22-23-24-25-26-28-35(38)44-33(31-41-34(37)27-9-7-2)32-43-45(39,40)42-30-29-36(3,4)5/h33H,6-32H2,1-5H3. The maximum absolute atomic E-state index is 12.5. The quantitative estimate of drug-likeness (QED) is 0.0297. The summed E-state index contributed by atoms with van der Waals surface area (Å²) in [6, 6.07) is 0. The van der Waals surface area contributed by atoms with E-state index in [0.29, 0.717) is 23.9 Å². The molecule has 0 fully saturated rings. The number of esters is 2. The number of carbonyl (C=O) groups is 2. The second kappa shape index (κ2) is 29.2. The Balaban J connectivity index is 4.05. The number of unbranched alkanes of at least 4 members (excludes halogenated alkanes) is 19. The van der Waals surface area contributed by atoms with Crippen molar-refractivity contribution in [2.45, 2.75) is 168 Å². The van der Waals surface area contributed by atoms with Crippen LogP contribution in [0.3, 0.4) is 0 Å². The molecular formula is C35H70NO8P. The van der Waals surface area contributed by atoms with Crippen molar-refractivity contribution in [3.05, 3.63) is 0 Å². The Labute approximate surface area is 276 Å². The third kappa shape index (κ3) is 32.7. The van der Waals surface area contributed by atoms with Crippen LogP contribution in [-0.2, 0) is 32.7 Å². The van der Waals surface area contributed by atoms with Gasteiger partial charge in [-0.05, 0) is 12.8 Å². The van der Waals surface area contributed by atoms with Gasteiger partial charge in [0.15, 0.2) is 6.10 Å². The minimum atomic E-state index is -4.59. The number of hydrogen-bond donors (Lipinski definition) is 0. The Morgan fingerprint density at radius 2 is 1.02 bits per heavy atom. The first-order chi connectivity index (χ1) is 21.5. The van der Waals surface area contributed by atoms with Crippen molar-refractivity contribution < 1.29 is 42.1 Å². The van der Waals surface area contributed by atoms with E-state index in [9.17, 15) is 19.0 Å². The van der Waals surface area contributed by atoms with Crippen molar-refractivity contribution in [3.8, 4) is 0 Å². The molecule has 0 aromatic heterocycles. The van der Waals surface area contributed by atoms with Crippen molar-refractivity contribution in [2.24, 2.45) is 0 Å². The average Bonchev–Trinajstić information content (AvgIpc) is 2.97. The summed E-state index contributed by atoms with van der Waals surface area (Å²) in [6.07, 6.45) is 25.4. The Hall–Kier alpha value is -0.990. The largest absolute Gasteiger partial charge is 0.756 e. The highest BCUT2D eigenvalue weighted by molar-refractivity contribution is 7.45. The first-order valence-corrected chi connectivity index (χ1v) is 19.7. The Morgan fingerprint density at radius 3 is 1.47 bits per heavy atom. The second-order valence-corrected chi connectivity index (χ2v) is 15.0. The van der Waals surface area contributed by atoms with Crippen LogP contribution in [0.1, 0.15) is 162 Å². The molecule has 0 heterocycles. The minimum Gasteiger partial charge on any atom is -0.756 e. The number of phosphoric acid groups is 1. The molecule has 0 saturated heterocycles. The number of quaternary nitrogens is 1. The molecule has 0 bridgehead atoms. The molecule has 0 aliphatic rings. The average molecular weight is 664 g/mol. The molecule has 45 heavy (non-hydrogen) atoms. The molecule has 0 rings (SSSR count). The van der Waals surface area contributed by atoms with Gasteiger partial charge in [0.2, 0.25) is 0 Å². The molecule has 268 valence electrons. The molecule has 0 aromatic rings. The summed E-state index contributed by atoms with van der Waals surface area (Å²) in [7, 11) is 1.17. The summed E-state index contributed by atoms with van der Waals surface area (Å²) >= 11 is 0. The van der Waals surface area contributed by atoms with E-state index in [1.165, 1.54) is 103 Å². The molecule has 2 unspecified atom stereocenters. The van der Waals surface area contributed by atoms with Crippen LogP contribution in [0.4, 0.5) is 0 Å². The number of ether oxygens (including phenoxy) is 2. The molecule has 10 heteroatoms. The SMILES string of the molecule is CCCCCCCCCCCCCCCCCCCCCC(=O)OC(COC(=O)CCCC)COP(=O)([O-])OCC[N+](C)(C)C. The van der Waals surface area contributed by atoms with Gasteiger partial charge in [0, 0.05) is 12.8 Å². The fourth-order valence-electron chi connectivity index (χ4n) is 4.93. The van der Waals surface area contributed by atoms with Crippen molar-refractivity contribution in [1.82, 2.24) is 0 Å². The number of rotatable bonds is 33. The second-order valence-electron chi connectivity index (χ2n) is 13.6. The van der Waals surface area contributed by atoms with E-state index in [-0.39, 0.29) is 26.1 Å². The van der Waals surface area contributed by atoms with E-state index in [2.05, 4.69) is 6.92 Å².